The molecule has 1 aromatic rings. The molecule has 1 aromatic heterocycles. The van der Waals surface area contributed by atoms with E-state index in [1.807, 2.05) is 0 Å². The van der Waals surface area contributed by atoms with Crippen LogP contribution in [0.2, 0.25) is 5.28 Å². The molecule has 0 bridgehead atoms. The Balaban J connectivity index is 2.04. The summed E-state index contributed by atoms with van der Waals surface area (Å²) in [6.45, 7) is 3.71. The summed E-state index contributed by atoms with van der Waals surface area (Å²) in [5.74, 6) is 1.44. The fourth-order valence-corrected chi connectivity index (χ4v) is 1.96. The number of hydrogen-bond donors (Lipinski definition) is 2. The molecule has 0 aliphatic carbocycles. The van der Waals surface area contributed by atoms with Gasteiger partial charge in [-0.15, -0.1) is 0 Å². The second kappa shape index (κ2) is 5.46. The van der Waals surface area contributed by atoms with Gasteiger partial charge in [0.2, 0.25) is 17.2 Å². The summed E-state index contributed by atoms with van der Waals surface area (Å²) in [7, 11) is 1.74. The topological polar surface area (TPSA) is 72.0 Å². The first-order chi connectivity index (χ1) is 8.19. The minimum atomic E-state index is 0.182. The van der Waals surface area contributed by atoms with Crippen LogP contribution in [0.3, 0.4) is 0 Å². The largest absolute Gasteiger partial charge is 0.381 e. The standard InChI is InChI=1S/C10H16ClN5O/c1-6(7-3-4-17-5-7)13-10-15-8(11)14-9(12-2)16-10/h6-7H,3-5H2,1-2H3,(H2,12,13,14,15,16). The van der Waals surface area contributed by atoms with Gasteiger partial charge in [0.15, 0.2) is 0 Å². The third kappa shape index (κ3) is 3.17. The molecule has 0 aromatic carbocycles. The smallest absolute Gasteiger partial charge is 0.229 e. The van der Waals surface area contributed by atoms with Crippen LogP contribution in [0.1, 0.15) is 13.3 Å². The second-order valence-electron chi connectivity index (χ2n) is 4.06. The Morgan fingerprint density at radius 1 is 1.35 bits per heavy atom. The van der Waals surface area contributed by atoms with Crippen molar-refractivity contribution < 1.29 is 4.74 Å². The molecule has 2 unspecified atom stereocenters. The Kier molecular flexibility index (Phi) is 3.96. The highest BCUT2D eigenvalue weighted by molar-refractivity contribution is 6.28. The molecule has 1 fully saturated rings. The maximum atomic E-state index is 5.80. The number of rotatable bonds is 4. The van der Waals surface area contributed by atoms with Crippen LogP contribution in [-0.2, 0) is 4.74 Å². The molecule has 6 nitrogen and oxygen atoms in total. The van der Waals surface area contributed by atoms with E-state index in [1.54, 1.807) is 7.05 Å². The van der Waals surface area contributed by atoms with E-state index in [-0.39, 0.29) is 11.3 Å². The zero-order valence-corrected chi connectivity index (χ0v) is 10.7. The van der Waals surface area contributed by atoms with Crippen molar-refractivity contribution in [1.29, 1.82) is 0 Å². The first kappa shape index (κ1) is 12.3. The molecule has 94 valence electrons. The lowest BCUT2D eigenvalue weighted by molar-refractivity contribution is 0.183. The molecule has 2 rings (SSSR count). The summed E-state index contributed by atoms with van der Waals surface area (Å²) in [6.07, 6.45) is 1.06. The number of ether oxygens (including phenoxy) is 1. The molecule has 2 heterocycles. The number of nitrogens with one attached hydrogen (secondary N) is 2. The predicted octanol–water partition coefficient (Wildman–Crippen LogP) is 1.40. The van der Waals surface area contributed by atoms with Gasteiger partial charge in [-0.2, -0.15) is 15.0 Å². The minimum absolute atomic E-state index is 0.182. The van der Waals surface area contributed by atoms with Crippen molar-refractivity contribution in [3.05, 3.63) is 5.28 Å². The lowest BCUT2D eigenvalue weighted by Crippen LogP contribution is -2.27. The fourth-order valence-electron chi connectivity index (χ4n) is 1.80. The van der Waals surface area contributed by atoms with E-state index in [4.69, 9.17) is 16.3 Å². The van der Waals surface area contributed by atoms with E-state index in [0.29, 0.717) is 17.8 Å². The van der Waals surface area contributed by atoms with Crippen molar-refractivity contribution in [1.82, 2.24) is 15.0 Å². The Bertz CT molecular complexity index is 383. The van der Waals surface area contributed by atoms with Gasteiger partial charge in [-0.05, 0) is 24.9 Å². The Morgan fingerprint density at radius 2 is 2.12 bits per heavy atom. The first-order valence-corrected chi connectivity index (χ1v) is 6.00. The van der Waals surface area contributed by atoms with Crippen LogP contribution in [0.25, 0.3) is 0 Å². The van der Waals surface area contributed by atoms with E-state index in [9.17, 15) is 0 Å². The molecule has 1 aliphatic heterocycles. The van der Waals surface area contributed by atoms with Gasteiger partial charge in [0.05, 0.1) is 6.61 Å². The lowest BCUT2D eigenvalue weighted by Gasteiger charge is -2.19. The second-order valence-corrected chi connectivity index (χ2v) is 4.40. The van der Waals surface area contributed by atoms with Gasteiger partial charge in [0.1, 0.15) is 0 Å². The van der Waals surface area contributed by atoms with Crippen molar-refractivity contribution in [2.24, 2.45) is 5.92 Å². The summed E-state index contributed by atoms with van der Waals surface area (Å²) in [6, 6.07) is 0.251. The monoisotopic (exact) mass is 257 g/mol. The number of aromatic nitrogens is 3. The molecule has 7 heteroatoms. The molecular weight excluding hydrogens is 242 g/mol. The molecule has 0 saturated carbocycles. The molecule has 0 amide bonds. The Labute approximate surface area is 105 Å². The van der Waals surface area contributed by atoms with Crippen molar-refractivity contribution in [3.8, 4) is 0 Å². The van der Waals surface area contributed by atoms with Crippen LogP contribution >= 0.6 is 11.6 Å². The highest BCUT2D eigenvalue weighted by Crippen LogP contribution is 2.19. The molecule has 0 spiro atoms. The summed E-state index contributed by atoms with van der Waals surface area (Å²) in [5.41, 5.74) is 0. The van der Waals surface area contributed by atoms with Crippen molar-refractivity contribution in [2.45, 2.75) is 19.4 Å². The fraction of sp³-hybridized carbons (Fsp3) is 0.700. The first-order valence-electron chi connectivity index (χ1n) is 5.62. The maximum Gasteiger partial charge on any atom is 0.229 e. The molecule has 0 radical (unpaired) electrons. The zero-order chi connectivity index (χ0) is 12.3. The molecule has 2 atom stereocenters. The maximum absolute atomic E-state index is 5.80. The molecule has 1 aliphatic rings. The van der Waals surface area contributed by atoms with Gasteiger partial charge in [0.25, 0.3) is 0 Å². The van der Waals surface area contributed by atoms with Crippen LogP contribution in [0.4, 0.5) is 11.9 Å². The number of nitrogens with zero attached hydrogens (tertiary/aromatic N) is 3. The van der Waals surface area contributed by atoms with Crippen LogP contribution in [0, 0.1) is 5.92 Å². The van der Waals surface area contributed by atoms with Crippen molar-refractivity contribution in [2.75, 3.05) is 30.9 Å². The summed E-state index contributed by atoms with van der Waals surface area (Å²) in [4.78, 5) is 12.2. The summed E-state index contributed by atoms with van der Waals surface area (Å²) in [5, 5.41) is 6.25. The molecule has 1 saturated heterocycles. The molecule has 17 heavy (non-hydrogen) atoms. The van der Waals surface area contributed by atoms with Crippen LogP contribution in [0.5, 0.6) is 0 Å². The number of anilines is 2. The van der Waals surface area contributed by atoms with Crippen molar-refractivity contribution in [3.63, 3.8) is 0 Å². The van der Waals surface area contributed by atoms with Crippen LogP contribution < -0.4 is 10.6 Å². The predicted molar refractivity (Wildman–Crippen MR) is 66.4 cm³/mol. The SMILES string of the molecule is CNc1nc(Cl)nc(NC(C)C2CCOC2)n1. The van der Waals surface area contributed by atoms with E-state index in [2.05, 4.69) is 32.5 Å². The van der Waals surface area contributed by atoms with Gasteiger partial charge >= 0.3 is 0 Å². The van der Waals surface area contributed by atoms with E-state index >= 15 is 0 Å². The summed E-state index contributed by atoms with van der Waals surface area (Å²) >= 11 is 5.80. The van der Waals surface area contributed by atoms with E-state index < -0.39 is 0 Å². The quantitative estimate of drug-likeness (QED) is 0.850. The minimum Gasteiger partial charge on any atom is -0.381 e. The normalized spacial score (nSPS) is 21.2. The average Bonchev–Trinajstić information content (AvgIpc) is 2.81. The van der Waals surface area contributed by atoms with Crippen LogP contribution in [0.15, 0.2) is 0 Å². The lowest BCUT2D eigenvalue weighted by atomic mass is 10.0. The van der Waals surface area contributed by atoms with E-state index in [0.717, 1.165) is 19.6 Å². The van der Waals surface area contributed by atoms with Gasteiger partial charge in [0, 0.05) is 25.6 Å². The number of hydrogen-bond acceptors (Lipinski definition) is 6. The molecule has 2 N–H and O–H groups in total. The van der Waals surface area contributed by atoms with Gasteiger partial charge in [-0.25, -0.2) is 0 Å². The van der Waals surface area contributed by atoms with Crippen LogP contribution in [-0.4, -0.2) is 41.3 Å². The molecular formula is C10H16ClN5O. The average molecular weight is 258 g/mol. The zero-order valence-electron chi connectivity index (χ0n) is 9.90. The third-order valence-corrected chi connectivity index (χ3v) is 3.03. The van der Waals surface area contributed by atoms with E-state index in [1.165, 1.54) is 0 Å². The van der Waals surface area contributed by atoms with Gasteiger partial charge in [-0.3, -0.25) is 0 Å². The Hall–Kier alpha value is -1.14. The number of halogens is 1. The van der Waals surface area contributed by atoms with Gasteiger partial charge in [-0.1, -0.05) is 0 Å². The summed E-state index contributed by atoms with van der Waals surface area (Å²) < 4.78 is 5.35. The highest BCUT2D eigenvalue weighted by atomic mass is 35.5. The van der Waals surface area contributed by atoms with Gasteiger partial charge < -0.3 is 15.4 Å². The third-order valence-electron chi connectivity index (χ3n) is 2.86. The highest BCUT2D eigenvalue weighted by Gasteiger charge is 2.22. The van der Waals surface area contributed by atoms with Crippen molar-refractivity contribution >= 4 is 23.5 Å². The Morgan fingerprint density at radius 3 is 2.76 bits per heavy atom.